The molecular formula is C28H31FN4O2. The zero-order valence-corrected chi connectivity index (χ0v) is 20.8. The number of benzene rings is 2. The maximum Gasteiger partial charge on any atom is 0.335 e. The first-order chi connectivity index (χ1) is 16.6. The fourth-order valence-electron chi connectivity index (χ4n) is 4.59. The highest BCUT2D eigenvalue weighted by Crippen LogP contribution is 2.26. The minimum absolute atomic E-state index is 0.232. The number of fused-ring (bicyclic) bond motifs is 1. The third kappa shape index (κ3) is 5.34. The molecule has 0 aliphatic carbocycles. The molecule has 0 saturated carbocycles. The molecule has 0 aliphatic rings. The van der Waals surface area contributed by atoms with E-state index in [1.165, 1.54) is 0 Å². The molecule has 2 heterocycles. The number of carbonyl (C=O) groups is 1. The summed E-state index contributed by atoms with van der Waals surface area (Å²) in [4.78, 5) is 20.8. The Balaban J connectivity index is 1.57. The summed E-state index contributed by atoms with van der Waals surface area (Å²) in [7, 11) is 0. The molecule has 7 heteroatoms. The van der Waals surface area contributed by atoms with Crippen LogP contribution in [0, 0.1) is 32.5 Å². The summed E-state index contributed by atoms with van der Waals surface area (Å²) in [5.74, 6) is 0.494. The molecule has 0 bridgehead atoms. The van der Waals surface area contributed by atoms with Crippen molar-refractivity contribution in [1.29, 1.82) is 0 Å². The summed E-state index contributed by atoms with van der Waals surface area (Å²) in [6.07, 6.45) is 0.675. The summed E-state index contributed by atoms with van der Waals surface area (Å²) in [5.41, 5.74) is 5.61. The second-order valence-electron chi connectivity index (χ2n) is 9.48. The van der Waals surface area contributed by atoms with Gasteiger partial charge >= 0.3 is 5.97 Å². The predicted octanol–water partition coefficient (Wildman–Crippen LogP) is 6.17. The van der Waals surface area contributed by atoms with E-state index in [9.17, 15) is 14.3 Å². The van der Waals surface area contributed by atoms with Gasteiger partial charge in [-0.1, -0.05) is 19.9 Å². The number of aryl methyl sites for hydroxylation is 3. The van der Waals surface area contributed by atoms with Crippen LogP contribution in [0.3, 0.4) is 0 Å². The van der Waals surface area contributed by atoms with Crippen molar-refractivity contribution < 1.29 is 14.3 Å². The molecule has 0 aliphatic heterocycles. The summed E-state index contributed by atoms with van der Waals surface area (Å²) < 4.78 is 16.1. The Morgan fingerprint density at radius 2 is 1.86 bits per heavy atom. The van der Waals surface area contributed by atoms with E-state index in [4.69, 9.17) is 0 Å². The Morgan fingerprint density at radius 1 is 1.09 bits per heavy atom. The number of anilines is 1. The highest BCUT2D eigenvalue weighted by atomic mass is 19.1. The lowest BCUT2D eigenvalue weighted by molar-refractivity contribution is 0.0695. The number of aromatic carboxylic acids is 1. The monoisotopic (exact) mass is 474 g/mol. The molecule has 0 atom stereocenters. The van der Waals surface area contributed by atoms with Gasteiger partial charge in [-0.2, -0.15) is 0 Å². The number of rotatable bonds is 8. The van der Waals surface area contributed by atoms with Crippen LogP contribution in [0.1, 0.15) is 46.9 Å². The summed E-state index contributed by atoms with van der Waals surface area (Å²) in [6.45, 7) is 11.2. The number of carboxylic acids is 1. The van der Waals surface area contributed by atoms with Crippen LogP contribution in [-0.4, -0.2) is 32.2 Å². The SMILES string of the molecule is Cc1nc(NCCn2c(C)cc3c(C)cc(F)cc32)cc(-c2ccc(C(=O)O)c(CC(C)C)c2)n1. The molecule has 182 valence electrons. The van der Waals surface area contributed by atoms with Crippen molar-refractivity contribution in [2.45, 2.75) is 47.6 Å². The number of aromatic nitrogens is 3. The lowest BCUT2D eigenvalue weighted by Crippen LogP contribution is -2.13. The number of nitrogens with zero attached hydrogens (tertiary/aromatic N) is 3. The molecule has 0 fully saturated rings. The van der Waals surface area contributed by atoms with Gasteiger partial charge in [0.15, 0.2) is 0 Å². The van der Waals surface area contributed by atoms with Crippen LogP contribution in [-0.2, 0) is 13.0 Å². The molecule has 35 heavy (non-hydrogen) atoms. The van der Waals surface area contributed by atoms with Gasteiger partial charge in [0.25, 0.3) is 0 Å². The van der Waals surface area contributed by atoms with Crippen LogP contribution in [0.25, 0.3) is 22.2 Å². The van der Waals surface area contributed by atoms with Gasteiger partial charge in [0.1, 0.15) is 17.5 Å². The maximum absolute atomic E-state index is 14.0. The van der Waals surface area contributed by atoms with Gasteiger partial charge in [-0.25, -0.2) is 19.2 Å². The molecule has 0 amide bonds. The normalized spacial score (nSPS) is 11.4. The molecular weight excluding hydrogens is 443 g/mol. The second-order valence-corrected chi connectivity index (χ2v) is 9.48. The lowest BCUT2D eigenvalue weighted by Gasteiger charge is -2.13. The molecule has 4 rings (SSSR count). The average molecular weight is 475 g/mol. The lowest BCUT2D eigenvalue weighted by atomic mass is 9.95. The highest BCUT2D eigenvalue weighted by Gasteiger charge is 2.14. The molecule has 6 nitrogen and oxygen atoms in total. The standard InChI is InChI=1S/C28H31FN4O2/c1-16(2)10-21-13-20(6-7-23(21)28(34)35)25-15-27(32-19(5)31-25)30-8-9-33-18(4)12-24-17(3)11-22(29)14-26(24)33/h6-7,11-16H,8-10H2,1-5H3,(H,34,35)(H,30,31,32). The van der Waals surface area contributed by atoms with E-state index in [-0.39, 0.29) is 5.82 Å². The molecule has 2 N–H and O–H groups in total. The molecule has 2 aromatic carbocycles. The summed E-state index contributed by atoms with van der Waals surface area (Å²) in [5, 5.41) is 14.0. The van der Waals surface area contributed by atoms with Gasteiger partial charge in [-0.3, -0.25) is 0 Å². The number of halogens is 1. The molecule has 0 radical (unpaired) electrons. The van der Waals surface area contributed by atoms with Crippen LogP contribution < -0.4 is 5.32 Å². The van der Waals surface area contributed by atoms with Crippen LogP contribution in [0.15, 0.2) is 42.5 Å². The highest BCUT2D eigenvalue weighted by molar-refractivity contribution is 5.90. The van der Waals surface area contributed by atoms with Crippen molar-refractivity contribution in [3.63, 3.8) is 0 Å². The van der Waals surface area contributed by atoms with E-state index >= 15 is 0 Å². The van der Waals surface area contributed by atoms with Crippen molar-refractivity contribution in [3.8, 4) is 11.3 Å². The first-order valence-corrected chi connectivity index (χ1v) is 11.8. The quantitative estimate of drug-likeness (QED) is 0.319. The minimum Gasteiger partial charge on any atom is -0.478 e. The van der Waals surface area contributed by atoms with E-state index in [2.05, 4.69) is 39.8 Å². The van der Waals surface area contributed by atoms with E-state index in [0.717, 1.165) is 39.0 Å². The minimum atomic E-state index is -0.920. The zero-order valence-electron chi connectivity index (χ0n) is 20.8. The van der Waals surface area contributed by atoms with Crippen LogP contribution in [0.5, 0.6) is 0 Å². The van der Waals surface area contributed by atoms with Crippen LogP contribution in [0.2, 0.25) is 0 Å². The Kier molecular flexibility index (Phi) is 6.87. The van der Waals surface area contributed by atoms with E-state index < -0.39 is 5.97 Å². The van der Waals surface area contributed by atoms with Crippen molar-refractivity contribution in [2.75, 3.05) is 11.9 Å². The third-order valence-electron chi connectivity index (χ3n) is 6.14. The summed E-state index contributed by atoms with van der Waals surface area (Å²) in [6, 6.07) is 12.5. The first kappa shape index (κ1) is 24.4. The second kappa shape index (κ2) is 9.86. The number of hydrogen-bond donors (Lipinski definition) is 2. The fraction of sp³-hybridized carbons (Fsp3) is 0.321. The largest absolute Gasteiger partial charge is 0.478 e. The van der Waals surface area contributed by atoms with Gasteiger partial charge in [0, 0.05) is 35.8 Å². The number of hydrogen-bond acceptors (Lipinski definition) is 4. The van der Waals surface area contributed by atoms with Gasteiger partial charge in [-0.05, 0) is 74.6 Å². The van der Waals surface area contributed by atoms with E-state index in [0.29, 0.717) is 42.6 Å². The maximum atomic E-state index is 14.0. The van der Waals surface area contributed by atoms with Crippen LogP contribution in [0.4, 0.5) is 10.2 Å². The van der Waals surface area contributed by atoms with Gasteiger partial charge < -0.3 is 15.0 Å². The van der Waals surface area contributed by atoms with Gasteiger partial charge in [-0.15, -0.1) is 0 Å². The predicted molar refractivity (Wildman–Crippen MR) is 138 cm³/mol. The molecule has 4 aromatic rings. The molecule has 0 spiro atoms. The fourth-order valence-corrected chi connectivity index (χ4v) is 4.59. The van der Waals surface area contributed by atoms with Gasteiger partial charge in [0.05, 0.1) is 16.8 Å². The topological polar surface area (TPSA) is 80.0 Å². The molecule has 0 unspecified atom stereocenters. The van der Waals surface area contributed by atoms with Gasteiger partial charge in [0.2, 0.25) is 0 Å². The van der Waals surface area contributed by atoms with E-state index in [1.807, 2.05) is 32.9 Å². The Bertz CT molecular complexity index is 1410. The van der Waals surface area contributed by atoms with Crippen molar-refractivity contribution in [3.05, 3.63) is 76.5 Å². The zero-order chi connectivity index (χ0) is 25.3. The Labute approximate surface area is 204 Å². The smallest absolute Gasteiger partial charge is 0.335 e. The number of nitrogens with one attached hydrogen (secondary N) is 1. The third-order valence-corrected chi connectivity index (χ3v) is 6.14. The first-order valence-electron chi connectivity index (χ1n) is 11.8. The molecule has 2 aromatic heterocycles. The Hall–Kier alpha value is -3.74. The molecule has 0 saturated heterocycles. The van der Waals surface area contributed by atoms with Crippen LogP contribution >= 0.6 is 0 Å². The van der Waals surface area contributed by atoms with Crippen molar-refractivity contribution in [1.82, 2.24) is 14.5 Å². The number of carboxylic acid groups (broad SMARTS) is 1. The van der Waals surface area contributed by atoms with E-state index in [1.54, 1.807) is 24.3 Å². The van der Waals surface area contributed by atoms with Crippen molar-refractivity contribution >= 4 is 22.7 Å². The summed E-state index contributed by atoms with van der Waals surface area (Å²) >= 11 is 0. The van der Waals surface area contributed by atoms with Crippen molar-refractivity contribution in [2.24, 2.45) is 5.92 Å². The average Bonchev–Trinajstić information content (AvgIpc) is 3.08. The Morgan fingerprint density at radius 3 is 2.57 bits per heavy atom.